The lowest BCUT2D eigenvalue weighted by atomic mass is 10.2. The van der Waals surface area contributed by atoms with Crippen molar-refractivity contribution in [2.45, 2.75) is 58.2 Å². The van der Waals surface area contributed by atoms with E-state index >= 15 is 0 Å². The summed E-state index contributed by atoms with van der Waals surface area (Å²) in [6.45, 7) is 6.13. The largest absolute Gasteiger partial charge is 0.353 e. The molecule has 4 heteroatoms. The summed E-state index contributed by atoms with van der Waals surface area (Å²) >= 11 is 0. The molecule has 1 unspecified atom stereocenters. The number of carbonyl (C=O) groups excluding carboxylic acids is 1. The molecule has 106 valence electrons. The number of hydrogen-bond acceptors (Lipinski definition) is 2. The second kappa shape index (κ2) is 6.75. The van der Waals surface area contributed by atoms with Crippen LogP contribution in [0.1, 0.15) is 51.3 Å². The minimum Gasteiger partial charge on any atom is -0.353 e. The Labute approximate surface area is 115 Å². The van der Waals surface area contributed by atoms with E-state index in [9.17, 15) is 4.79 Å². The summed E-state index contributed by atoms with van der Waals surface area (Å²) in [6.07, 6.45) is 6.06. The molecule has 0 aliphatic heterocycles. The Morgan fingerprint density at radius 2 is 2.32 bits per heavy atom. The highest BCUT2D eigenvalue weighted by molar-refractivity contribution is 5.76. The Bertz CT molecular complexity index is 409. The van der Waals surface area contributed by atoms with Gasteiger partial charge in [0.1, 0.15) is 0 Å². The van der Waals surface area contributed by atoms with Gasteiger partial charge in [-0.1, -0.05) is 6.92 Å². The minimum atomic E-state index is 0.177. The maximum Gasteiger partial charge on any atom is 0.222 e. The van der Waals surface area contributed by atoms with E-state index in [1.807, 2.05) is 0 Å². The maximum atomic E-state index is 11.7. The molecule has 0 spiro atoms. The van der Waals surface area contributed by atoms with E-state index < -0.39 is 0 Å². The summed E-state index contributed by atoms with van der Waals surface area (Å²) in [5, 5.41) is 6.51. The first-order valence-electron chi connectivity index (χ1n) is 7.38. The highest BCUT2D eigenvalue weighted by Crippen LogP contribution is 2.19. The van der Waals surface area contributed by atoms with Crippen molar-refractivity contribution in [3.63, 3.8) is 0 Å². The highest BCUT2D eigenvalue weighted by Gasteiger charge is 2.23. The van der Waals surface area contributed by atoms with Crippen molar-refractivity contribution in [3.05, 3.63) is 24.0 Å². The van der Waals surface area contributed by atoms with E-state index in [0.29, 0.717) is 18.5 Å². The molecule has 0 radical (unpaired) electrons. The monoisotopic (exact) mass is 263 g/mol. The SMILES string of the molecule is CCCNC(C)c1cccn1CCC(=O)NC1CC1. The van der Waals surface area contributed by atoms with Gasteiger partial charge in [0.15, 0.2) is 0 Å². The number of nitrogens with zero attached hydrogens (tertiary/aromatic N) is 1. The van der Waals surface area contributed by atoms with Crippen LogP contribution in [0.15, 0.2) is 18.3 Å². The molecule has 1 heterocycles. The molecule has 1 atom stereocenters. The van der Waals surface area contributed by atoms with Crippen LogP contribution in [0.25, 0.3) is 0 Å². The maximum absolute atomic E-state index is 11.7. The van der Waals surface area contributed by atoms with Crippen LogP contribution in [-0.4, -0.2) is 23.1 Å². The molecule has 1 amide bonds. The molecule has 4 nitrogen and oxygen atoms in total. The number of hydrogen-bond donors (Lipinski definition) is 2. The summed E-state index contributed by atoms with van der Waals surface area (Å²) in [4.78, 5) is 11.7. The Morgan fingerprint density at radius 1 is 1.53 bits per heavy atom. The zero-order chi connectivity index (χ0) is 13.7. The van der Waals surface area contributed by atoms with Crippen LogP contribution in [0.4, 0.5) is 0 Å². The molecular weight excluding hydrogens is 238 g/mol. The molecule has 2 N–H and O–H groups in total. The van der Waals surface area contributed by atoms with Gasteiger partial charge < -0.3 is 15.2 Å². The Morgan fingerprint density at radius 3 is 3.00 bits per heavy atom. The predicted octanol–water partition coefficient (Wildman–Crippen LogP) is 2.22. The highest BCUT2D eigenvalue weighted by atomic mass is 16.1. The van der Waals surface area contributed by atoms with Crippen LogP contribution < -0.4 is 10.6 Å². The molecule has 1 aliphatic rings. The average Bonchev–Trinajstić information content (AvgIpc) is 3.08. The van der Waals surface area contributed by atoms with Crippen molar-refractivity contribution >= 4 is 5.91 Å². The molecule has 1 aromatic heterocycles. The number of aryl methyl sites for hydroxylation is 1. The fourth-order valence-corrected chi connectivity index (χ4v) is 2.24. The van der Waals surface area contributed by atoms with Crippen LogP contribution in [0.5, 0.6) is 0 Å². The minimum absolute atomic E-state index is 0.177. The first-order valence-corrected chi connectivity index (χ1v) is 7.38. The number of carbonyl (C=O) groups is 1. The quantitative estimate of drug-likeness (QED) is 0.755. The molecule has 1 aromatic rings. The van der Waals surface area contributed by atoms with E-state index in [4.69, 9.17) is 0 Å². The predicted molar refractivity (Wildman–Crippen MR) is 76.9 cm³/mol. The molecule has 1 fully saturated rings. The van der Waals surface area contributed by atoms with Gasteiger partial charge in [0, 0.05) is 36.9 Å². The van der Waals surface area contributed by atoms with Crippen LogP contribution in [0, 0.1) is 0 Å². The van der Waals surface area contributed by atoms with Crippen LogP contribution in [-0.2, 0) is 11.3 Å². The van der Waals surface area contributed by atoms with Gasteiger partial charge in [0.25, 0.3) is 0 Å². The van der Waals surface area contributed by atoms with Gasteiger partial charge in [0.05, 0.1) is 0 Å². The molecular formula is C15H25N3O. The van der Waals surface area contributed by atoms with Crippen molar-refractivity contribution in [2.24, 2.45) is 0 Å². The Kier molecular flexibility index (Phi) is 5.02. The van der Waals surface area contributed by atoms with Crippen LogP contribution >= 0.6 is 0 Å². The molecule has 0 aromatic carbocycles. The Balaban J connectivity index is 1.82. The van der Waals surface area contributed by atoms with E-state index in [-0.39, 0.29) is 5.91 Å². The average molecular weight is 263 g/mol. The third kappa shape index (κ3) is 4.39. The van der Waals surface area contributed by atoms with Crippen molar-refractivity contribution in [3.8, 4) is 0 Å². The summed E-state index contributed by atoms with van der Waals surface area (Å²) in [5.41, 5.74) is 1.26. The van der Waals surface area contributed by atoms with Crippen molar-refractivity contribution in [1.82, 2.24) is 15.2 Å². The van der Waals surface area contributed by atoms with Crippen molar-refractivity contribution in [1.29, 1.82) is 0 Å². The van der Waals surface area contributed by atoms with E-state index in [2.05, 4.69) is 47.4 Å². The number of amides is 1. The molecule has 0 saturated heterocycles. The summed E-state index contributed by atoms with van der Waals surface area (Å²) in [7, 11) is 0. The van der Waals surface area contributed by atoms with Crippen LogP contribution in [0.2, 0.25) is 0 Å². The zero-order valence-electron chi connectivity index (χ0n) is 12.0. The zero-order valence-corrected chi connectivity index (χ0v) is 12.0. The standard InChI is InChI=1S/C15H25N3O/c1-3-9-16-12(2)14-5-4-10-18(14)11-8-15(19)17-13-6-7-13/h4-5,10,12-13,16H,3,6-9,11H2,1-2H3,(H,17,19). The van der Waals surface area contributed by atoms with Crippen LogP contribution in [0.3, 0.4) is 0 Å². The van der Waals surface area contributed by atoms with Gasteiger partial charge in [0.2, 0.25) is 5.91 Å². The molecule has 19 heavy (non-hydrogen) atoms. The number of rotatable bonds is 8. The van der Waals surface area contributed by atoms with Crippen molar-refractivity contribution < 1.29 is 4.79 Å². The molecule has 2 rings (SSSR count). The molecule has 0 bridgehead atoms. The van der Waals surface area contributed by atoms with Gasteiger partial charge in [-0.15, -0.1) is 0 Å². The summed E-state index contributed by atoms with van der Waals surface area (Å²) in [5.74, 6) is 0.177. The summed E-state index contributed by atoms with van der Waals surface area (Å²) < 4.78 is 2.18. The van der Waals surface area contributed by atoms with Gasteiger partial charge in [-0.3, -0.25) is 4.79 Å². The second-order valence-electron chi connectivity index (χ2n) is 5.39. The smallest absolute Gasteiger partial charge is 0.222 e. The lowest BCUT2D eigenvalue weighted by molar-refractivity contribution is -0.121. The second-order valence-corrected chi connectivity index (χ2v) is 5.39. The molecule has 1 aliphatic carbocycles. The number of nitrogens with one attached hydrogen (secondary N) is 2. The van der Waals surface area contributed by atoms with Gasteiger partial charge in [-0.05, 0) is 44.9 Å². The Hall–Kier alpha value is -1.29. The fraction of sp³-hybridized carbons (Fsp3) is 0.667. The normalized spacial score (nSPS) is 16.3. The fourth-order valence-electron chi connectivity index (χ4n) is 2.24. The van der Waals surface area contributed by atoms with E-state index in [1.165, 1.54) is 5.69 Å². The van der Waals surface area contributed by atoms with Crippen molar-refractivity contribution in [2.75, 3.05) is 6.54 Å². The van der Waals surface area contributed by atoms with E-state index in [1.54, 1.807) is 0 Å². The molecule has 1 saturated carbocycles. The first kappa shape index (κ1) is 14.1. The lowest BCUT2D eigenvalue weighted by Crippen LogP contribution is -2.27. The van der Waals surface area contributed by atoms with Gasteiger partial charge in [-0.2, -0.15) is 0 Å². The topological polar surface area (TPSA) is 46.1 Å². The third-order valence-corrected chi connectivity index (χ3v) is 3.53. The van der Waals surface area contributed by atoms with Gasteiger partial charge in [-0.25, -0.2) is 0 Å². The van der Waals surface area contributed by atoms with Gasteiger partial charge >= 0.3 is 0 Å². The lowest BCUT2D eigenvalue weighted by Gasteiger charge is -2.16. The third-order valence-electron chi connectivity index (χ3n) is 3.53. The first-order chi connectivity index (χ1) is 9.20. The summed E-state index contributed by atoms with van der Waals surface area (Å²) in [6, 6.07) is 4.98. The number of aromatic nitrogens is 1. The van der Waals surface area contributed by atoms with E-state index in [0.717, 1.165) is 32.4 Å².